The minimum absolute atomic E-state index is 0.109. The van der Waals surface area contributed by atoms with Gasteiger partial charge in [-0.05, 0) is 20.8 Å². The van der Waals surface area contributed by atoms with Crippen molar-refractivity contribution in [2.24, 2.45) is 0 Å². The first-order valence-corrected chi connectivity index (χ1v) is 5.10. The summed E-state index contributed by atoms with van der Waals surface area (Å²) in [5.74, 6) is 0. The van der Waals surface area contributed by atoms with Gasteiger partial charge in [0.25, 0.3) is 6.43 Å². The molecule has 0 unspecified atom stereocenters. The van der Waals surface area contributed by atoms with E-state index < -0.39 is 6.43 Å². The number of aliphatic hydroxyl groups excluding tert-OH is 1. The van der Waals surface area contributed by atoms with Crippen LogP contribution in [0.1, 0.15) is 20.8 Å². The summed E-state index contributed by atoms with van der Waals surface area (Å²) in [4.78, 5) is 1.50. The lowest BCUT2D eigenvalue weighted by Crippen LogP contribution is -2.36. The van der Waals surface area contributed by atoms with Gasteiger partial charge in [-0.1, -0.05) is 0 Å². The first-order chi connectivity index (χ1) is 6.85. The number of hydrogen-bond acceptors (Lipinski definition) is 3. The van der Waals surface area contributed by atoms with Crippen LogP contribution in [-0.4, -0.2) is 54.9 Å². The Balaban J connectivity index is 3.75. The third kappa shape index (κ3) is 10.0. The van der Waals surface area contributed by atoms with Crippen LogP contribution in [0.3, 0.4) is 0 Å². The number of aliphatic hydroxyl groups is 1. The topological polar surface area (TPSA) is 32.7 Å². The second kappa shape index (κ2) is 7.09. The van der Waals surface area contributed by atoms with Gasteiger partial charge in [0.2, 0.25) is 0 Å². The summed E-state index contributed by atoms with van der Waals surface area (Å²) in [6.45, 7) is 6.40. The predicted octanol–water partition coefficient (Wildman–Crippen LogP) is 1.36. The molecule has 0 aliphatic carbocycles. The Labute approximate surface area is 90.0 Å². The molecule has 0 aliphatic heterocycles. The van der Waals surface area contributed by atoms with Crippen molar-refractivity contribution in [2.45, 2.75) is 32.8 Å². The van der Waals surface area contributed by atoms with Crippen molar-refractivity contribution in [3.05, 3.63) is 0 Å². The molecule has 0 radical (unpaired) electrons. The number of alkyl halides is 2. The summed E-state index contributed by atoms with van der Waals surface area (Å²) >= 11 is 0. The molecule has 15 heavy (non-hydrogen) atoms. The Bertz CT molecular complexity index is 160. The first-order valence-electron chi connectivity index (χ1n) is 5.10. The molecule has 0 aliphatic rings. The highest BCUT2D eigenvalue weighted by atomic mass is 19.3. The van der Waals surface area contributed by atoms with E-state index in [1.807, 2.05) is 20.8 Å². The Kier molecular flexibility index (Phi) is 6.96. The molecule has 1 N–H and O–H groups in total. The molecule has 0 fully saturated rings. The van der Waals surface area contributed by atoms with Crippen molar-refractivity contribution < 1.29 is 18.6 Å². The summed E-state index contributed by atoms with van der Waals surface area (Å²) in [7, 11) is 0. The second-order valence-corrected chi connectivity index (χ2v) is 4.38. The average Bonchev–Trinajstić information content (AvgIpc) is 2.00. The minimum Gasteiger partial charge on any atom is -0.395 e. The molecule has 92 valence electrons. The lowest BCUT2D eigenvalue weighted by atomic mass is 10.2. The van der Waals surface area contributed by atoms with Gasteiger partial charge in [0.15, 0.2) is 0 Å². The Hall–Kier alpha value is -0.260. The number of ether oxygens (including phenoxy) is 1. The molecule has 0 atom stereocenters. The fourth-order valence-corrected chi connectivity index (χ4v) is 1.11. The Morgan fingerprint density at radius 2 is 1.87 bits per heavy atom. The molecule has 0 heterocycles. The zero-order valence-corrected chi connectivity index (χ0v) is 9.67. The van der Waals surface area contributed by atoms with E-state index in [1.165, 1.54) is 4.90 Å². The monoisotopic (exact) mass is 225 g/mol. The van der Waals surface area contributed by atoms with Crippen molar-refractivity contribution >= 4 is 0 Å². The molecule has 0 aromatic heterocycles. The molecule has 0 saturated heterocycles. The molecule has 0 aromatic carbocycles. The smallest absolute Gasteiger partial charge is 0.251 e. The van der Waals surface area contributed by atoms with Crippen LogP contribution in [0.4, 0.5) is 8.78 Å². The lowest BCUT2D eigenvalue weighted by molar-refractivity contribution is -0.0206. The number of hydrogen-bond donors (Lipinski definition) is 1. The van der Waals surface area contributed by atoms with Gasteiger partial charge in [-0.25, -0.2) is 8.78 Å². The van der Waals surface area contributed by atoms with E-state index in [1.54, 1.807) is 0 Å². The maximum atomic E-state index is 12.1. The van der Waals surface area contributed by atoms with Crippen LogP contribution in [0, 0.1) is 0 Å². The lowest BCUT2D eigenvalue weighted by Gasteiger charge is -2.24. The van der Waals surface area contributed by atoms with Gasteiger partial charge in [-0.3, -0.25) is 4.90 Å². The molecule has 0 aromatic rings. The third-order valence-electron chi connectivity index (χ3n) is 1.76. The van der Waals surface area contributed by atoms with Gasteiger partial charge < -0.3 is 9.84 Å². The van der Waals surface area contributed by atoms with Crippen LogP contribution in [0.2, 0.25) is 0 Å². The highest BCUT2D eigenvalue weighted by Crippen LogP contribution is 2.06. The van der Waals surface area contributed by atoms with Gasteiger partial charge in [0, 0.05) is 13.1 Å². The van der Waals surface area contributed by atoms with Crippen LogP contribution < -0.4 is 0 Å². The van der Waals surface area contributed by atoms with Gasteiger partial charge in [-0.15, -0.1) is 0 Å². The molecule has 0 spiro atoms. The van der Waals surface area contributed by atoms with Crippen molar-refractivity contribution in [2.75, 3.05) is 32.8 Å². The van der Waals surface area contributed by atoms with Crippen molar-refractivity contribution in [1.82, 2.24) is 4.90 Å². The first kappa shape index (κ1) is 14.7. The van der Waals surface area contributed by atoms with E-state index in [0.717, 1.165) is 0 Å². The molecule has 0 bridgehead atoms. The van der Waals surface area contributed by atoms with Gasteiger partial charge >= 0.3 is 0 Å². The average molecular weight is 225 g/mol. The van der Waals surface area contributed by atoms with Crippen LogP contribution >= 0.6 is 0 Å². The maximum absolute atomic E-state index is 12.1. The zero-order chi connectivity index (χ0) is 11.9. The van der Waals surface area contributed by atoms with E-state index in [0.29, 0.717) is 13.2 Å². The zero-order valence-electron chi connectivity index (χ0n) is 9.67. The molecular formula is C10H21F2NO2. The fourth-order valence-electron chi connectivity index (χ4n) is 1.11. The standard InChI is InChI=1S/C10H21F2NO2/c1-10(2,3)15-7-5-13(4-6-14)8-9(11)12/h9,14H,4-8H2,1-3H3. The Morgan fingerprint density at radius 1 is 1.27 bits per heavy atom. The maximum Gasteiger partial charge on any atom is 0.251 e. The fraction of sp³-hybridized carbons (Fsp3) is 1.00. The van der Waals surface area contributed by atoms with Crippen molar-refractivity contribution in [1.29, 1.82) is 0 Å². The molecule has 0 rings (SSSR count). The summed E-state index contributed by atoms with van der Waals surface area (Å²) < 4.78 is 29.6. The van der Waals surface area contributed by atoms with Crippen molar-refractivity contribution in [3.8, 4) is 0 Å². The summed E-state index contributed by atoms with van der Waals surface area (Å²) in [5, 5.41) is 8.68. The second-order valence-electron chi connectivity index (χ2n) is 4.38. The van der Waals surface area contributed by atoms with E-state index in [9.17, 15) is 8.78 Å². The molecule has 0 saturated carbocycles. The largest absolute Gasteiger partial charge is 0.395 e. The van der Waals surface area contributed by atoms with Crippen LogP contribution in [0.15, 0.2) is 0 Å². The summed E-state index contributed by atoms with van der Waals surface area (Å²) in [5.41, 5.74) is -0.254. The molecular weight excluding hydrogens is 204 g/mol. The van der Waals surface area contributed by atoms with Gasteiger partial charge in [-0.2, -0.15) is 0 Å². The van der Waals surface area contributed by atoms with Crippen molar-refractivity contribution in [3.63, 3.8) is 0 Å². The number of halogens is 2. The highest BCUT2D eigenvalue weighted by molar-refractivity contribution is 4.62. The highest BCUT2D eigenvalue weighted by Gasteiger charge is 2.14. The van der Waals surface area contributed by atoms with E-state index in [4.69, 9.17) is 9.84 Å². The minimum atomic E-state index is -2.37. The summed E-state index contributed by atoms with van der Waals surface area (Å²) in [6, 6.07) is 0. The van der Waals surface area contributed by atoms with Crippen LogP contribution in [-0.2, 0) is 4.74 Å². The van der Waals surface area contributed by atoms with E-state index in [-0.39, 0.29) is 25.3 Å². The third-order valence-corrected chi connectivity index (χ3v) is 1.76. The number of rotatable bonds is 7. The quantitative estimate of drug-likeness (QED) is 0.710. The SMILES string of the molecule is CC(C)(C)OCCN(CCO)CC(F)F. The predicted molar refractivity (Wildman–Crippen MR) is 55.2 cm³/mol. The van der Waals surface area contributed by atoms with Gasteiger partial charge in [0.1, 0.15) is 0 Å². The molecule has 5 heteroatoms. The molecule has 3 nitrogen and oxygen atoms in total. The molecule has 0 amide bonds. The van der Waals surface area contributed by atoms with E-state index in [2.05, 4.69) is 0 Å². The normalized spacial score (nSPS) is 12.8. The van der Waals surface area contributed by atoms with Gasteiger partial charge in [0.05, 0.1) is 25.4 Å². The number of nitrogens with zero attached hydrogens (tertiary/aromatic N) is 1. The van der Waals surface area contributed by atoms with E-state index >= 15 is 0 Å². The summed E-state index contributed by atoms with van der Waals surface area (Å²) in [6.07, 6.45) is -2.37. The van der Waals surface area contributed by atoms with Crippen LogP contribution in [0.5, 0.6) is 0 Å². The Morgan fingerprint density at radius 3 is 2.27 bits per heavy atom. The van der Waals surface area contributed by atoms with Crippen LogP contribution in [0.25, 0.3) is 0 Å².